The van der Waals surface area contributed by atoms with Crippen molar-refractivity contribution in [2.45, 2.75) is 42.9 Å². The second-order valence-corrected chi connectivity index (χ2v) is 9.40. The second-order valence-electron chi connectivity index (χ2n) is 7.15. The Morgan fingerprint density at radius 3 is 2.13 bits per heavy atom. The van der Waals surface area contributed by atoms with Crippen LogP contribution in [0, 0.1) is 0 Å². The van der Waals surface area contributed by atoms with E-state index in [1.54, 1.807) is 0 Å². The summed E-state index contributed by atoms with van der Waals surface area (Å²) in [5.74, 6) is -1.41. The molecule has 0 saturated carbocycles. The molecule has 2 heterocycles. The van der Waals surface area contributed by atoms with Crippen molar-refractivity contribution >= 4 is 16.0 Å². The minimum atomic E-state index is -4.78. The molecule has 0 radical (unpaired) electrons. The van der Waals surface area contributed by atoms with Crippen molar-refractivity contribution in [2.75, 3.05) is 26.3 Å². The van der Waals surface area contributed by atoms with Gasteiger partial charge in [-0.3, -0.25) is 4.79 Å². The Morgan fingerprint density at radius 2 is 1.63 bits per heavy atom. The standard InChI is InChI=1S/C18H22F3NO7S/c19-18(20,21)29-15-3-1-13(2-4-15)28-14-5-9-22(10-6-14)30(25,26)17(16(23)24)7-11-27-12-8-17/h1-4,14H,5-12H2,(H,23,24). The van der Waals surface area contributed by atoms with Crippen LogP contribution in [0.25, 0.3) is 0 Å². The van der Waals surface area contributed by atoms with Crippen LogP contribution in [-0.2, 0) is 19.6 Å². The summed E-state index contributed by atoms with van der Waals surface area (Å²) in [5, 5.41) is 9.63. The number of alkyl halides is 3. The number of carboxylic acid groups (broad SMARTS) is 1. The van der Waals surface area contributed by atoms with E-state index in [0.717, 1.165) is 12.1 Å². The Morgan fingerprint density at radius 1 is 1.10 bits per heavy atom. The summed E-state index contributed by atoms with van der Waals surface area (Å²) in [6.07, 6.45) is -4.68. The molecular weight excluding hydrogens is 431 g/mol. The molecule has 12 heteroatoms. The van der Waals surface area contributed by atoms with Crippen LogP contribution in [0.2, 0.25) is 0 Å². The normalized spacial score (nSPS) is 21.2. The molecule has 168 valence electrons. The molecule has 0 spiro atoms. The molecule has 0 unspecified atom stereocenters. The third kappa shape index (κ3) is 4.81. The van der Waals surface area contributed by atoms with Crippen molar-refractivity contribution in [2.24, 2.45) is 0 Å². The fourth-order valence-electron chi connectivity index (χ4n) is 3.63. The first-order chi connectivity index (χ1) is 14.0. The van der Waals surface area contributed by atoms with Gasteiger partial charge in [0.15, 0.2) is 4.75 Å². The molecular formula is C18H22F3NO7S. The van der Waals surface area contributed by atoms with Gasteiger partial charge in [0.1, 0.15) is 17.6 Å². The number of ether oxygens (including phenoxy) is 3. The van der Waals surface area contributed by atoms with Crippen molar-refractivity contribution < 1.29 is 45.7 Å². The third-order valence-electron chi connectivity index (χ3n) is 5.28. The highest BCUT2D eigenvalue weighted by molar-refractivity contribution is 7.91. The maximum absolute atomic E-state index is 13.1. The van der Waals surface area contributed by atoms with E-state index in [4.69, 9.17) is 9.47 Å². The Labute approximate surface area is 171 Å². The number of carboxylic acids is 1. The minimum Gasteiger partial charge on any atom is -0.490 e. The predicted octanol–water partition coefficient (Wildman–Crippen LogP) is 2.39. The summed E-state index contributed by atoms with van der Waals surface area (Å²) in [6, 6.07) is 4.94. The van der Waals surface area contributed by atoms with Crippen LogP contribution in [0.5, 0.6) is 11.5 Å². The molecule has 2 saturated heterocycles. The van der Waals surface area contributed by atoms with E-state index in [9.17, 15) is 31.5 Å². The van der Waals surface area contributed by atoms with E-state index >= 15 is 0 Å². The molecule has 1 aromatic rings. The molecule has 0 atom stereocenters. The van der Waals surface area contributed by atoms with Crippen LogP contribution in [0.4, 0.5) is 13.2 Å². The van der Waals surface area contributed by atoms with E-state index in [1.807, 2.05) is 0 Å². The van der Waals surface area contributed by atoms with Gasteiger partial charge in [0.2, 0.25) is 10.0 Å². The Bertz CT molecular complexity index is 844. The summed E-state index contributed by atoms with van der Waals surface area (Å²) in [7, 11) is -4.09. The number of aliphatic carboxylic acids is 1. The molecule has 0 aliphatic carbocycles. The average molecular weight is 453 g/mol. The first-order valence-corrected chi connectivity index (χ1v) is 10.8. The summed E-state index contributed by atoms with van der Waals surface area (Å²) in [6.45, 7) is 0.328. The van der Waals surface area contributed by atoms with Crippen molar-refractivity contribution in [1.82, 2.24) is 4.31 Å². The van der Waals surface area contributed by atoms with Crippen molar-refractivity contribution in [3.8, 4) is 11.5 Å². The van der Waals surface area contributed by atoms with Gasteiger partial charge in [0.05, 0.1) is 0 Å². The fourth-order valence-corrected chi connectivity index (χ4v) is 5.72. The van der Waals surface area contributed by atoms with Crippen molar-refractivity contribution in [3.05, 3.63) is 24.3 Å². The fraction of sp³-hybridized carbons (Fsp3) is 0.611. The van der Waals surface area contributed by atoms with E-state index in [2.05, 4.69) is 4.74 Å². The zero-order valence-electron chi connectivity index (χ0n) is 15.9. The number of piperidine rings is 1. The quantitative estimate of drug-likeness (QED) is 0.706. The Hall–Kier alpha value is -2.05. The lowest BCUT2D eigenvalue weighted by Gasteiger charge is -2.39. The minimum absolute atomic E-state index is 0.0686. The lowest BCUT2D eigenvalue weighted by molar-refractivity contribution is -0.274. The first-order valence-electron chi connectivity index (χ1n) is 9.37. The number of carbonyl (C=O) groups is 1. The van der Waals surface area contributed by atoms with Crippen LogP contribution < -0.4 is 9.47 Å². The van der Waals surface area contributed by atoms with E-state index in [1.165, 1.54) is 16.4 Å². The van der Waals surface area contributed by atoms with Gasteiger partial charge in [0, 0.05) is 39.1 Å². The van der Waals surface area contributed by atoms with E-state index in [-0.39, 0.29) is 51.0 Å². The van der Waals surface area contributed by atoms with Crippen molar-refractivity contribution in [3.63, 3.8) is 0 Å². The number of hydrogen-bond donors (Lipinski definition) is 1. The summed E-state index contributed by atoms with van der Waals surface area (Å²) >= 11 is 0. The summed E-state index contributed by atoms with van der Waals surface area (Å²) in [4.78, 5) is 11.8. The Balaban J connectivity index is 1.60. The molecule has 2 aliphatic rings. The summed E-state index contributed by atoms with van der Waals surface area (Å²) < 4.78 is 76.7. The van der Waals surface area contributed by atoms with Gasteiger partial charge < -0.3 is 19.3 Å². The number of nitrogens with zero attached hydrogens (tertiary/aromatic N) is 1. The number of benzene rings is 1. The van der Waals surface area contributed by atoms with E-state index in [0.29, 0.717) is 18.6 Å². The zero-order valence-corrected chi connectivity index (χ0v) is 16.7. The van der Waals surface area contributed by atoms with Crippen LogP contribution in [0.1, 0.15) is 25.7 Å². The molecule has 30 heavy (non-hydrogen) atoms. The second kappa shape index (κ2) is 8.60. The summed E-state index contributed by atoms with van der Waals surface area (Å²) in [5.41, 5.74) is 0. The van der Waals surface area contributed by atoms with Gasteiger partial charge in [-0.15, -0.1) is 13.2 Å². The highest BCUT2D eigenvalue weighted by Gasteiger charge is 2.54. The SMILES string of the molecule is O=C(O)C1(S(=O)(=O)N2CCC(Oc3ccc(OC(F)(F)F)cc3)CC2)CCOCC1. The molecule has 2 aliphatic heterocycles. The molecule has 1 N–H and O–H groups in total. The number of sulfonamides is 1. The molecule has 1 aromatic carbocycles. The van der Waals surface area contributed by atoms with Crippen molar-refractivity contribution in [1.29, 1.82) is 0 Å². The van der Waals surface area contributed by atoms with Gasteiger partial charge in [-0.25, -0.2) is 12.7 Å². The van der Waals surface area contributed by atoms with Gasteiger partial charge in [-0.1, -0.05) is 0 Å². The highest BCUT2D eigenvalue weighted by atomic mass is 32.2. The van der Waals surface area contributed by atoms with Gasteiger partial charge >= 0.3 is 12.3 Å². The van der Waals surface area contributed by atoms with Gasteiger partial charge in [0.25, 0.3) is 0 Å². The van der Waals surface area contributed by atoms with Gasteiger partial charge in [-0.05, 0) is 37.1 Å². The first kappa shape index (κ1) is 22.6. The highest BCUT2D eigenvalue weighted by Crippen LogP contribution is 2.35. The maximum atomic E-state index is 13.1. The molecule has 0 bridgehead atoms. The van der Waals surface area contributed by atoms with Gasteiger partial charge in [-0.2, -0.15) is 0 Å². The molecule has 8 nitrogen and oxygen atoms in total. The van der Waals surface area contributed by atoms with Crippen LogP contribution in [0.3, 0.4) is 0 Å². The number of hydrogen-bond acceptors (Lipinski definition) is 6. The van der Waals surface area contributed by atoms with Crippen LogP contribution in [0.15, 0.2) is 24.3 Å². The largest absolute Gasteiger partial charge is 0.573 e. The number of rotatable bonds is 6. The maximum Gasteiger partial charge on any atom is 0.573 e. The molecule has 0 aromatic heterocycles. The molecule has 2 fully saturated rings. The Kier molecular flexibility index (Phi) is 6.48. The monoisotopic (exact) mass is 453 g/mol. The smallest absolute Gasteiger partial charge is 0.490 e. The third-order valence-corrected chi connectivity index (χ3v) is 7.90. The lowest BCUT2D eigenvalue weighted by Crippen LogP contribution is -2.58. The van der Waals surface area contributed by atoms with Crippen LogP contribution in [-0.4, -0.2) is 67.3 Å². The van der Waals surface area contributed by atoms with Crippen LogP contribution >= 0.6 is 0 Å². The predicted molar refractivity (Wildman–Crippen MR) is 97.7 cm³/mol. The molecule has 3 rings (SSSR count). The number of halogens is 3. The zero-order chi connectivity index (χ0) is 22.0. The topological polar surface area (TPSA) is 102 Å². The van der Waals surface area contributed by atoms with E-state index < -0.39 is 27.1 Å². The average Bonchev–Trinajstić information content (AvgIpc) is 2.69. The lowest BCUT2D eigenvalue weighted by atomic mass is 9.99. The molecule has 0 amide bonds.